The zero-order valence-electron chi connectivity index (χ0n) is 15.7. The number of fused-ring (bicyclic) bond motifs is 1. The molecule has 2 atom stereocenters. The minimum Gasteiger partial charge on any atom is -0.341 e. The molecule has 5 nitrogen and oxygen atoms in total. The van der Waals surface area contributed by atoms with E-state index in [2.05, 4.69) is 6.92 Å². The number of nitrogens with two attached hydrogens (primary N) is 1. The standard InChI is InChI=1S/C21H28N2O3/c1-13(15-5-7-23(8-6-15)21(26)14(2)22)9-20(25)17-4-3-16-11-19(24)12-18(16)10-17/h3-4,10,13-15H,5-9,11-12,22H2,1-2H3/t13?,14-/m1/s1. The molecule has 5 heteroatoms. The van der Waals surface area contributed by atoms with Crippen LogP contribution in [0, 0.1) is 11.8 Å². The maximum atomic E-state index is 12.7. The van der Waals surface area contributed by atoms with Crippen molar-refractivity contribution in [3.63, 3.8) is 0 Å². The van der Waals surface area contributed by atoms with E-state index in [4.69, 9.17) is 5.73 Å². The van der Waals surface area contributed by atoms with Crippen LogP contribution < -0.4 is 5.73 Å². The summed E-state index contributed by atoms with van der Waals surface area (Å²) in [6, 6.07) is 5.24. The number of nitrogens with zero attached hydrogens (tertiary/aromatic N) is 1. The summed E-state index contributed by atoms with van der Waals surface area (Å²) in [6.07, 6.45) is 3.31. The van der Waals surface area contributed by atoms with Crippen molar-refractivity contribution in [3.8, 4) is 0 Å². The Morgan fingerprint density at radius 1 is 1.15 bits per heavy atom. The van der Waals surface area contributed by atoms with Crippen LogP contribution in [-0.4, -0.2) is 41.5 Å². The van der Waals surface area contributed by atoms with E-state index in [0.717, 1.165) is 42.6 Å². The molecule has 1 aromatic carbocycles. The number of benzene rings is 1. The maximum Gasteiger partial charge on any atom is 0.239 e. The molecule has 1 heterocycles. The Bertz CT molecular complexity index is 718. The molecule has 0 saturated carbocycles. The van der Waals surface area contributed by atoms with Crippen molar-refractivity contribution < 1.29 is 14.4 Å². The summed E-state index contributed by atoms with van der Waals surface area (Å²) < 4.78 is 0. The predicted octanol–water partition coefficient (Wildman–Crippen LogP) is 2.15. The van der Waals surface area contributed by atoms with E-state index >= 15 is 0 Å². The lowest BCUT2D eigenvalue weighted by Crippen LogP contribution is -2.46. The van der Waals surface area contributed by atoms with E-state index in [1.807, 2.05) is 23.1 Å². The number of hydrogen-bond acceptors (Lipinski definition) is 4. The lowest BCUT2D eigenvalue weighted by Gasteiger charge is -2.35. The molecule has 1 aliphatic carbocycles. The van der Waals surface area contributed by atoms with Gasteiger partial charge in [-0.15, -0.1) is 0 Å². The lowest BCUT2D eigenvalue weighted by atomic mass is 9.81. The van der Waals surface area contributed by atoms with E-state index in [1.165, 1.54) is 0 Å². The third-order valence-electron chi connectivity index (χ3n) is 5.86. The Hall–Kier alpha value is -2.01. The molecule has 1 amide bonds. The van der Waals surface area contributed by atoms with Gasteiger partial charge < -0.3 is 10.6 Å². The average Bonchev–Trinajstić information content (AvgIpc) is 3.00. The largest absolute Gasteiger partial charge is 0.341 e. The van der Waals surface area contributed by atoms with Crippen LogP contribution in [0.3, 0.4) is 0 Å². The molecular formula is C21H28N2O3. The molecule has 0 spiro atoms. The highest BCUT2D eigenvalue weighted by molar-refractivity contribution is 5.97. The van der Waals surface area contributed by atoms with Crippen LogP contribution in [-0.2, 0) is 22.4 Å². The zero-order chi connectivity index (χ0) is 18.8. The van der Waals surface area contributed by atoms with Gasteiger partial charge in [-0.05, 0) is 48.8 Å². The van der Waals surface area contributed by atoms with E-state index in [0.29, 0.717) is 25.2 Å². The van der Waals surface area contributed by atoms with Crippen LogP contribution in [0.4, 0.5) is 0 Å². The number of piperidine rings is 1. The van der Waals surface area contributed by atoms with Gasteiger partial charge in [0.2, 0.25) is 5.91 Å². The van der Waals surface area contributed by atoms with Gasteiger partial charge in [-0.25, -0.2) is 0 Å². The first-order valence-electron chi connectivity index (χ1n) is 9.56. The Morgan fingerprint density at radius 2 is 1.81 bits per heavy atom. The fourth-order valence-electron chi connectivity index (χ4n) is 4.18. The number of Topliss-reactive ketones (excluding diaryl/α,β-unsaturated/α-hetero) is 2. The van der Waals surface area contributed by atoms with Crippen LogP contribution >= 0.6 is 0 Å². The monoisotopic (exact) mass is 356 g/mol. The number of rotatable bonds is 5. The van der Waals surface area contributed by atoms with Crippen molar-refractivity contribution in [2.24, 2.45) is 17.6 Å². The minimum atomic E-state index is -0.447. The second-order valence-electron chi connectivity index (χ2n) is 7.93. The van der Waals surface area contributed by atoms with Crippen LogP contribution in [0.5, 0.6) is 0 Å². The maximum absolute atomic E-state index is 12.7. The molecule has 1 unspecified atom stereocenters. The molecule has 2 aliphatic rings. The molecule has 0 radical (unpaired) electrons. The SMILES string of the molecule is CC(CC(=O)c1ccc2c(c1)CC(=O)C2)C1CCN(C(=O)[C@@H](C)N)CC1. The average molecular weight is 356 g/mol. The van der Waals surface area contributed by atoms with Crippen molar-refractivity contribution in [2.45, 2.75) is 52.0 Å². The fraction of sp³-hybridized carbons (Fsp3) is 0.571. The molecule has 1 aromatic rings. The van der Waals surface area contributed by atoms with Gasteiger partial charge in [0.05, 0.1) is 6.04 Å². The van der Waals surface area contributed by atoms with E-state index in [9.17, 15) is 14.4 Å². The Morgan fingerprint density at radius 3 is 2.46 bits per heavy atom. The minimum absolute atomic E-state index is 0.0138. The number of hydrogen-bond donors (Lipinski definition) is 1. The van der Waals surface area contributed by atoms with E-state index < -0.39 is 6.04 Å². The van der Waals surface area contributed by atoms with Gasteiger partial charge in [-0.1, -0.05) is 19.1 Å². The topological polar surface area (TPSA) is 80.5 Å². The van der Waals surface area contributed by atoms with E-state index in [-0.39, 0.29) is 23.4 Å². The third kappa shape index (κ3) is 4.04. The van der Waals surface area contributed by atoms with Gasteiger partial charge in [-0.3, -0.25) is 14.4 Å². The van der Waals surface area contributed by atoms with Crippen molar-refractivity contribution in [2.75, 3.05) is 13.1 Å². The molecular weight excluding hydrogens is 328 g/mol. The first-order chi connectivity index (χ1) is 12.3. The van der Waals surface area contributed by atoms with Crippen molar-refractivity contribution >= 4 is 17.5 Å². The fourth-order valence-corrected chi connectivity index (χ4v) is 4.18. The van der Waals surface area contributed by atoms with Gasteiger partial charge in [0, 0.05) is 37.9 Å². The third-order valence-corrected chi connectivity index (χ3v) is 5.86. The normalized spacial score (nSPS) is 20.0. The van der Waals surface area contributed by atoms with Crippen LogP contribution in [0.25, 0.3) is 0 Å². The van der Waals surface area contributed by atoms with E-state index in [1.54, 1.807) is 6.92 Å². The van der Waals surface area contributed by atoms with Gasteiger partial charge >= 0.3 is 0 Å². The molecule has 0 aromatic heterocycles. The Balaban J connectivity index is 1.55. The zero-order valence-corrected chi connectivity index (χ0v) is 15.7. The molecule has 140 valence electrons. The summed E-state index contributed by atoms with van der Waals surface area (Å²) >= 11 is 0. The van der Waals surface area contributed by atoms with Crippen LogP contribution in [0.1, 0.15) is 54.6 Å². The van der Waals surface area contributed by atoms with Crippen molar-refractivity contribution in [1.29, 1.82) is 0 Å². The quantitative estimate of drug-likeness (QED) is 0.820. The second kappa shape index (κ2) is 7.70. The highest BCUT2D eigenvalue weighted by Gasteiger charge is 2.29. The van der Waals surface area contributed by atoms with Crippen molar-refractivity contribution in [3.05, 3.63) is 34.9 Å². The molecule has 26 heavy (non-hydrogen) atoms. The molecule has 1 fully saturated rings. The van der Waals surface area contributed by atoms with Gasteiger partial charge in [-0.2, -0.15) is 0 Å². The highest BCUT2D eigenvalue weighted by Crippen LogP contribution is 2.29. The van der Waals surface area contributed by atoms with Crippen molar-refractivity contribution in [1.82, 2.24) is 4.90 Å². The summed E-state index contributed by atoms with van der Waals surface area (Å²) in [5, 5.41) is 0. The smallest absolute Gasteiger partial charge is 0.239 e. The summed E-state index contributed by atoms with van der Waals surface area (Å²) in [4.78, 5) is 38.1. The Labute approximate surface area is 154 Å². The number of carbonyl (C=O) groups is 3. The molecule has 1 aliphatic heterocycles. The van der Waals surface area contributed by atoms with Crippen LogP contribution in [0.15, 0.2) is 18.2 Å². The summed E-state index contributed by atoms with van der Waals surface area (Å²) in [6.45, 7) is 5.30. The Kier molecular flexibility index (Phi) is 5.56. The summed E-state index contributed by atoms with van der Waals surface area (Å²) in [5.41, 5.74) is 8.47. The second-order valence-corrected chi connectivity index (χ2v) is 7.93. The summed E-state index contributed by atoms with van der Waals surface area (Å²) in [5.74, 6) is 1.12. The number of carbonyl (C=O) groups excluding carboxylic acids is 3. The summed E-state index contributed by atoms with van der Waals surface area (Å²) in [7, 11) is 0. The number of likely N-dealkylation sites (tertiary alicyclic amines) is 1. The van der Waals surface area contributed by atoms with Crippen LogP contribution in [0.2, 0.25) is 0 Å². The first kappa shape index (κ1) is 18.8. The first-order valence-corrected chi connectivity index (χ1v) is 9.56. The lowest BCUT2D eigenvalue weighted by molar-refractivity contribution is -0.133. The predicted molar refractivity (Wildman–Crippen MR) is 99.9 cm³/mol. The number of ketones is 2. The molecule has 1 saturated heterocycles. The molecule has 3 rings (SSSR count). The number of amides is 1. The molecule has 2 N–H and O–H groups in total. The highest BCUT2D eigenvalue weighted by atomic mass is 16.2. The molecule has 0 bridgehead atoms. The van der Waals surface area contributed by atoms with Gasteiger partial charge in [0.25, 0.3) is 0 Å². The van der Waals surface area contributed by atoms with Gasteiger partial charge in [0.1, 0.15) is 5.78 Å². The van der Waals surface area contributed by atoms with Gasteiger partial charge in [0.15, 0.2) is 5.78 Å².